The van der Waals surface area contributed by atoms with E-state index in [4.69, 9.17) is 4.42 Å². The fourth-order valence-electron chi connectivity index (χ4n) is 1.76. The molecule has 1 saturated carbocycles. The maximum atomic E-state index is 11.5. The number of rotatable bonds is 1. The van der Waals surface area contributed by atoms with Crippen LogP contribution < -0.4 is 0 Å². The highest BCUT2D eigenvalue weighted by molar-refractivity contribution is 5.99. The highest BCUT2D eigenvalue weighted by atomic mass is 16.3. The Morgan fingerprint density at radius 3 is 2.71 bits per heavy atom. The molecule has 0 bridgehead atoms. The van der Waals surface area contributed by atoms with Crippen molar-refractivity contribution in [2.75, 3.05) is 0 Å². The van der Waals surface area contributed by atoms with E-state index in [0.29, 0.717) is 6.42 Å². The monoisotopic (exact) mass is 190 g/mol. The molecule has 0 aliphatic heterocycles. The van der Waals surface area contributed by atoms with Crippen LogP contribution >= 0.6 is 0 Å². The number of carbonyl (C=O) groups excluding carboxylic acids is 1. The third kappa shape index (κ3) is 1.95. The molecule has 1 aliphatic rings. The maximum absolute atomic E-state index is 11.5. The Morgan fingerprint density at radius 1 is 1.29 bits per heavy atom. The minimum atomic E-state index is 0.283. The summed E-state index contributed by atoms with van der Waals surface area (Å²) in [4.78, 5) is 11.5. The zero-order valence-electron chi connectivity index (χ0n) is 8.38. The second-order valence-electron chi connectivity index (χ2n) is 3.75. The van der Waals surface area contributed by atoms with Gasteiger partial charge in [0, 0.05) is 6.42 Å². The predicted octanol–water partition coefficient (Wildman–Crippen LogP) is 3.11. The Morgan fingerprint density at radius 2 is 2.07 bits per heavy atom. The van der Waals surface area contributed by atoms with Gasteiger partial charge >= 0.3 is 0 Å². The molecule has 0 radical (unpaired) electrons. The Balaban J connectivity index is 2.20. The Bertz CT molecular complexity index is 371. The first-order chi connectivity index (χ1) is 6.75. The average molecular weight is 190 g/mol. The van der Waals surface area contributed by atoms with Crippen molar-refractivity contribution in [1.29, 1.82) is 0 Å². The fourth-order valence-corrected chi connectivity index (χ4v) is 1.76. The van der Waals surface area contributed by atoms with Crippen LogP contribution in [0.1, 0.15) is 37.2 Å². The van der Waals surface area contributed by atoms with Crippen molar-refractivity contribution in [2.24, 2.45) is 0 Å². The van der Waals surface area contributed by atoms with Crippen molar-refractivity contribution < 1.29 is 9.21 Å². The molecule has 1 aromatic rings. The van der Waals surface area contributed by atoms with E-state index in [1.54, 1.807) is 0 Å². The van der Waals surface area contributed by atoms with Gasteiger partial charge in [-0.25, -0.2) is 0 Å². The van der Waals surface area contributed by atoms with Gasteiger partial charge in [-0.05, 0) is 50.0 Å². The van der Waals surface area contributed by atoms with Crippen molar-refractivity contribution in [3.05, 3.63) is 29.2 Å². The van der Waals surface area contributed by atoms with Crippen LogP contribution in [0, 0.1) is 6.92 Å². The zero-order valence-corrected chi connectivity index (χ0v) is 8.38. The van der Waals surface area contributed by atoms with Gasteiger partial charge in [0.1, 0.15) is 11.5 Å². The van der Waals surface area contributed by atoms with Crippen LogP contribution in [0.15, 0.2) is 22.1 Å². The third-order valence-corrected chi connectivity index (χ3v) is 2.54. The number of allylic oxidation sites excluding steroid dienone is 1. The molecular weight excluding hydrogens is 176 g/mol. The molecule has 1 heterocycles. The standard InChI is InChI=1S/C12H14O2/c1-9-6-7-11(14-9)8-10-4-2-3-5-12(10)13/h6-8H,2-5H2,1H3/b10-8-. The third-order valence-electron chi connectivity index (χ3n) is 2.54. The van der Waals surface area contributed by atoms with Crippen molar-refractivity contribution >= 4 is 11.9 Å². The van der Waals surface area contributed by atoms with E-state index in [1.807, 2.05) is 25.1 Å². The van der Waals surface area contributed by atoms with E-state index in [1.165, 1.54) is 0 Å². The van der Waals surface area contributed by atoms with Crippen molar-refractivity contribution in [3.8, 4) is 0 Å². The predicted molar refractivity (Wildman–Crippen MR) is 54.9 cm³/mol. The van der Waals surface area contributed by atoms with Crippen molar-refractivity contribution in [2.45, 2.75) is 32.6 Å². The van der Waals surface area contributed by atoms with Crippen LogP contribution in [0.2, 0.25) is 0 Å². The second kappa shape index (κ2) is 3.82. The lowest BCUT2D eigenvalue weighted by atomic mass is 9.93. The molecule has 2 heteroatoms. The van der Waals surface area contributed by atoms with Crippen LogP contribution in [-0.2, 0) is 4.79 Å². The second-order valence-corrected chi connectivity index (χ2v) is 3.75. The lowest BCUT2D eigenvalue weighted by molar-refractivity contribution is -0.116. The SMILES string of the molecule is Cc1ccc(/C=C2/CCCCC2=O)o1. The van der Waals surface area contributed by atoms with E-state index in [9.17, 15) is 4.79 Å². The van der Waals surface area contributed by atoms with Crippen LogP contribution in [0.5, 0.6) is 0 Å². The molecule has 1 aromatic heterocycles. The molecule has 1 fully saturated rings. The Hall–Kier alpha value is -1.31. The summed E-state index contributed by atoms with van der Waals surface area (Å²) in [5.74, 6) is 1.97. The number of Topliss-reactive ketones (excluding diaryl/α,β-unsaturated/α-hetero) is 1. The molecule has 2 nitrogen and oxygen atoms in total. The van der Waals surface area contributed by atoms with E-state index in [2.05, 4.69) is 0 Å². The number of furan rings is 1. The highest BCUT2D eigenvalue weighted by Crippen LogP contribution is 2.22. The van der Waals surface area contributed by atoms with Gasteiger partial charge in [0.05, 0.1) is 0 Å². The lowest BCUT2D eigenvalue weighted by Gasteiger charge is -2.11. The molecule has 0 atom stereocenters. The Kier molecular flexibility index (Phi) is 2.53. The molecule has 0 amide bonds. The summed E-state index contributed by atoms with van der Waals surface area (Å²) in [5.41, 5.74) is 0.922. The first-order valence-electron chi connectivity index (χ1n) is 5.06. The topological polar surface area (TPSA) is 30.2 Å². The summed E-state index contributed by atoms with van der Waals surface area (Å²) < 4.78 is 5.41. The zero-order chi connectivity index (χ0) is 9.97. The largest absolute Gasteiger partial charge is 0.462 e. The molecule has 74 valence electrons. The number of carbonyl (C=O) groups is 1. The van der Waals surface area contributed by atoms with E-state index >= 15 is 0 Å². The van der Waals surface area contributed by atoms with E-state index in [-0.39, 0.29) is 5.78 Å². The summed E-state index contributed by atoms with van der Waals surface area (Å²) >= 11 is 0. The van der Waals surface area contributed by atoms with Gasteiger partial charge in [-0.3, -0.25) is 4.79 Å². The molecule has 0 N–H and O–H groups in total. The summed E-state index contributed by atoms with van der Waals surface area (Å²) in [5, 5.41) is 0. The summed E-state index contributed by atoms with van der Waals surface area (Å²) in [6.45, 7) is 1.91. The molecule has 2 rings (SSSR count). The molecule has 0 aromatic carbocycles. The van der Waals surface area contributed by atoms with Crippen molar-refractivity contribution in [3.63, 3.8) is 0 Å². The lowest BCUT2D eigenvalue weighted by Crippen LogP contribution is -2.07. The molecular formula is C12H14O2. The van der Waals surface area contributed by atoms with Gasteiger partial charge in [-0.15, -0.1) is 0 Å². The summed E-state index contributed by atoms with van der Waals surface area (Å²) in [6.07, 6.45) is 5.64. The van der Waals surface area contributed by atoms with E-state index < -0.39 is 0 Å². The van der Waals surface area contributed by atoms with Gasteiger partial charge in [-0.1, -0.05) is 0 Å². The molecule has 0 saturated heterocycles. The van der Waals surface area contributed by atoms with Gasteiger partial charge < -0.3 is 4.42 Å². The molecule has 1 aliphatic carbocycles. The van der Waals surface area contributed by atoms with Crippen LogP contribution in [-0.4, -0.2) is 5.78 Å². The minimum absolute atomic E-state index is 0.283. The maximum Gasteiger partial charge on any atom is 0.158 e. The minimum Gasteiger partial charge on any atom is -0.462 e. The number of hydrogen-bond donors (Lipinski definition) is 0. The van der Waals surface area contributed by atoms with E-state index in [0.717, 1.165) is 36.4 Å². The van der Waals surface area contributed by atoms with Gasteiger partial charge in [0.15, 0.2) is 5.78 Å². The van der Waals surface area contributed by atoms with Gasteiger partial charge in [0.2, 0.25) is 0 Å². The highest BCUT2D eigenvalue weighted by Gasteiger charge is 2.14. The summed E-state index contributed by atoms with van der Waals surface area (Å²) in [6, 6.07) is 3.82. The smallest absolute Gasteiger partial charge is 0.158 e. The van der Waals surface area contributed by atoms with Crippen LogP contribution in [0.25, 0.3) is 6.08 Å². The fraction of sp³-hybridized carbons (Fsp3) is 0.417. The summed E-state index contributed by atoms with van der Waals surface area (Å²) in [7, 11) is 0. The van der Waals surface area contributed by atoms with Gasteiger partial charge in [0.25, 0.3) is 0 Å². The normalized spacial score (nSPS) is 20.4. The first-order valence-corrected chi connectivity index (χ1v) is 5.06. The Labute approximate surface area is 83.6 Å². The van der Waals surface area contributed by atoms with Crippen LogP contribution in [0.4, 0.5) is 0 Å². The molecule has 14 heavy (non-hydrogen) atoms. The first kappa shape index (κ1) is 9.25. The molecule has 0 unspecified atom stereocenters. The average Bonchev–Trinajstić information content (AvgIpc) is 2.56. The quantitative estimate of drug-likeness (QED) is 0.637. The molecule has 0 spiro atoms. The number of ketones is 1. The van der Waals surface area contributed by atoms with Gasteiger partial charge in [-0.2, -0.15) is 0 Å². The van der Waals surface area contributed by atoms with Crippen LogP contribution in [0.3, 0.4) is 0 Å². The number of hydrogen-bond acceptors (Lipinski definition) is 2. The van der Waals surface area contributed by atoms with Crippen molar-refractivity contribution in [1.82, 2.24) is 0 Å². The number of aryl methyl sites for hydroxylation is 1.